The van der Waals surface area contributed by atoms with Crippen LogP contribution in [0.4, 0.5) is 0 Å². The van der Waals surface area contributed by atoms with E-state index in [-0.39, 0.29) is 21.1 Å². The molecule has 1 atom stereocenters. The van der Waals surface area contributed by atoms with Crippen LogP contribution in [0.5, 0.6) is 0 Å². The first-order chi connectivity index (χ1) is 13.2. The van der Waals surface area contributed by atoms with E-state index < -0.39 is 6.10 Å². The molecule has 4 rings (SSSR count). The Kier molecular flexibility index (Phi) is 8.60. The van der Waals surface area contributed by atoms with E-state index in [4.69, 9.17) is 0 Å². The zero-order valence-electron chi connectivity index (χ0n) is 15.3. The van der Waals surface area contributed by atoms with Gasteiger partial charge in [-0.3, -0.25) is 15.0 Å². The van der Waals surface area contributed by atoms with E-state index in [1.54, 1.807) is 43.8 Å². The number of aromatic nitrogens is 4. The molecular formula is C22H19N4OPt+2. The van der Waals surface area contributed by atoms with Crippen LogP contribution in [-0.2, 0) is 26.2 Å². The maximum absolute atomic E-state index is 10.7. The van der Waals surface area contributed by atoms with Gasteiger partial charge in [0.15, 0.2) is 0 Å². The molecule has 1 unspecified atom stereocenters. The molecule has 0 bridgehead atoms. The molecule has 0 amide bonds. The van der Waals surface area contributed by atoms with Crippen molar-refractivity contribution >= 4 is 0 Å². The first kappa shape index (κ1) is 21.5. The van der Waals surface area contributed by atoms with Crippen LogP contribution in [-0.4, -0.2) is 19.9 Å². The Morgan fingerprint density at radius 1 is 0.643 bits per heavy atom. The molecule has 4 aromatic heterocycles. The summed E-state index contributed by atoms with van der Waals surface area (Å²) in [6, 6.07) is 20.9. The van der Waals surface area contributed by atoms with Crippen molar-refractivity contribution in [3.63, 3.8) is 0 Å². The summed E-state index contributed by atoms with van der Waals surface area (Å²) >= 11 is 0. The predicted molar refractivity (Wildman–Crippen MR) is 104 cm³/mol. The summed E-state index contributed by atoms with van der Waals surface area (Å²) in [5.74, 6) is 0. The molecule has 0 aromatic carbocycles. The summed E-state index contributed by atoms with van der Waals surface area (Å²) < 4.78 is 0. The molecule has 4 heterocycles. The molecule has 0 fully saturated rings. The molecule has 4 aromatic rings. The summed E-state index contributed by atoms with van der Waals surface area (Å²) in [7, 11) is 0. The van der Waals surface area contributed by atoms with Gasteiger partial charge in [0, 0.05) is 24.8 Å². The van der Waals surface area contributed by atoms with Crippen LogP contribution in [0.1, 0.15) is 18.6 Å². The molecule has 5 nitrogen and oxygen atoms in total. The first-order valence-corrected chi connectivity index (χ1v) is 8.59. The number of pyridine rings is 4. The van der Waals surface area contributed by atoms with Crippen molar-refractivity contribution in [3.05, 3.63) is 97.1 Å². The van der Waals surface area contributed by atoms with Crippen LogP contribution in [0, 0.1) is 0 Å². The van der Waals surface area contributed by atoms with Gasteiger partial charge in [0.25, 0.3) is 0 Å². The van der Waals surface area contributed by atoms with E-state index in [0.29, 0.717) is 0 Å². The second-order valence-corrected chi connectivity index (χ2v) is 5.76. The Labute approximate surface area is 178 Å². The van der Waals surface area contributed by atoms with Gasteiger partial charge in [-0.05, 0) is 61.0 Å². The average molecular weight is 550 g/mol. The molecule has 0 saturated carbocycles. The fourth-order valence-corrected chi connectivity index (χ4v) is 2.38. The number of rotatable bonds is 3. The minimum atomic E-state index is -0.631. The maximum Gasteiger partial charge on any atom is 2.00 e. The molecule has 28 heavy (non-hydrogen) atoms. The molecule has 141 valence electrons. The van der Waals surface area contributed by atoms with Crippen molar-refractivity contribution in [1.82, 2.24) is 19.9 Å². The smallest absolute Gasteiger partial charge is 0.265 e. The summed E-state index contributed by atoms with van der Waals surface area (Å²) in [5.41, 5.74) is 4.26. The van der Waals surface area contributed by atoms with Crippen LogP contribution in [0.2, 0.25) is 0 Å². The van der Waals surface area contributed by atoms with Crippen molar-refractivity contribution in [3.8, 4) is 22.8 Å². The van der Waals surface area contributed by atoms with Crippen LogP contribution in [0.25, 0.3) is 22.8 Å². The van der Waals surface area contributed by atoms with E-state index >= 15 is 0 Å². The third-order valence-corrected chi connectivity index (χ3v) is 3.78. The minimum absolute atomic E-state index is 0. The normalized spacial score (nSPS) is 10.8. The molecule has 0 N–H and O–H groups in total. The van der Waals surface area contributed by atoms with Gasteiger partial charge < -0.3 is 0 Å². The zero-order chi connectivity index (χ0) is 18.9. The van der Waals surface area contributed by atoms with Gasteiger partial charge in [-0.2, -0.15) is 0 Å². The first-order valence-electron chi connectivity index (χ1n) is 8.59. The van der Waals surface area contributed by atoms with Gasteiger partial charge in [0.1, 0.15) is 6.10 Å². The van der Waals surface area contributed by atoms with Gasteiger partial charge in [-0.25, -0.2) is 10.1 Å². The Balaban J connectivity index is 0.000000239. The van der Waals surface area contributed by atoms with E-state index in [9.17, 15) is 5.11 Å². The fourth-order valence-electron chi connectivity index (χ4n) is 2.38. The van der Waals surface area contributed by atoms with Gasteiger partial charge in [0.05, 0.1) is 22.8 Å². The Hall–Kier alpha value is -2.75. The van der Waals surface area contributed by atoms with Crippen LogP contribution >= 0.6 is 0 Å². The molecule has 0 saturated heterocycles. The van der Waals surface area contributed by atoms with Gasteiger partial charge in [-0.15, -0.1) is 0 Å². The van der Waals surface area contributed by atoms with E-state index in [1.807, 2.05) is 54.6 Å². The summed E-state index contributed by atoms with van der Waals surface area (Å²) in [6.45, 7) is 1.62. The topological polar surface area (TPSA) is 71.5 Å². The van der Waals surface area contributed by atoms with Gasteiger partial charge >= 0.3 is 21.1 Å². The molecule has 0 spiro atoms. The van der Waals surface area contributed by atoms with Crippen LogP contribution in [0.3, 0.4) is 0 Å². The van der Waals surface area contributed by atoms with E-state index in [2.05, 4.69) is 19.9 Å². The SMILES string of the molecule is CC([O])c1ccncc1.[Pt+2].c1ccc(-c2cccc(-c3ccccn3)n2)nc1. The monoisotopic (exact) mass is 550 g/mol. The molecule has 6 heteroatoms. The largest absolute Gasteiger partial charge is 2.00 e. The average Bonchev–Trinajstić information content (AvgIpc) is 2.76. The van der Waals surface area contributed by atoms with Crippen LogP contribution < -0.4 is 0 Å². The Bertz CT molecular complexity index is 897. The summed E-state index contributed by atoms with van der Waals surface area (Å²) in [6.07, 6.45) is 6.16. The van der Waals surface area contributed by atoms with Crippen LogP contribution in [0.15, 0.2) is 91.5 Å². The Morgan fingerprint density at radius 2 is 1.14 bits per heavy atom. The minimum Gasteiger partial charge on any atom is -0.265 e. The van der Waals surface area contributed by atoms with Crippen molar-refractivity contribution < 1.29 is 26.2 Å². The van der Waals surface area contributed by atoms with Crippen molar-refractivity contribution in [1.29, 1.82) is 0 Å². The third kappa shape index (κ3) is 6.15. The summed E-state index contributed by atoms with van der Waals surface area (Å²) in [4.78, 5) is 17.0. The summed E-state index contributed by atoms with van der Waals surface area (Å²) in [5, 5.41) is 10.7. The van der Waals surface area contributed by atoms with Crippen molar-refractivity contribution in [2.45, 2.75) is 13.0 Å². The fraction of sp³-hybridized carbons (Fsp3) is 0.0909. The quantitative estimate of drug-likeness (QED) is 0.368. The standard InChI is InChI=1S/C15H11N3.C7H8NO.Pt/c1-3-10-16-12(6-1)14-8-5-9-15(18-14)13-7-2-4-11-17-13;1-6(9)7-2-4-8-5-3-7;/h1-11H;2-6H,1H3;/q;;+2. The molecule has 0 aliphatic rings. The molecule has 0 aliphatic heterocycles. The second-order valence-electron chi connectivity index (χ2n) is 5.76. The number of hydrogen-bond donors (Lipinski definition) is 0. The van der Waals surface area contributed by atoms with E-state index in [1.165, 1.54) is 0 Å². The van der Waals surface area contributed by atoms with Gasteiger partial charge in [0.2, 0.25) is 0 Å². The maximum atomic E-state index is 10.7. The molecule has 0 aliphatic carbocycles. The van der Waals surface area contributed by atoms with E-state index in [0.717, 1.165) is 28.3 Å². The van der Waals surface area contributed by atoms with Crippen molar-refractivity contribution in [2.75, 3.05) is 0 Å². The second kappa shape index (κ2) is 11.2. The Morgan fingerprint density at radius 3 is 1.54 bits per heavy atom. The molecule has 1 radical (unpaired) electrons. The van der Waals surface area contributed by atoms with Gasteiger partial charge in [-0.1, -0.05) is 18.2 Å². The number of nitrogens with zero attached hydrogens (tertiary/aromatic N) is 4. The third-order valence-electron chi connectivity index (χ3n) is 3.78. The molecular weight excluding hydrogens is 531 g/mol. The van der Waals surface area contributed by atoms with Crippen molar-refractivity contribution in [2.24, 2.45) is 0 Å². The predicted octanol–water partition coefficient (Wildman–Crippen LogP) is 4.78. The number of hydrogen-bond acceptors (Lipinski definition) is 4. The zero-order valence-corrected chi connectivity index (χ0v) is 17.5.